The van der Waals surface area contributed by atoms with Crippen LogP contribution < -0.4 is 10.6 Å². The molecule has 24 heavy (non-hydrogen) atoms. The van der Waals surface area contributed by atoms with Gasteiger partial charge in [0.25, 0.3) is 0 Å². The molecule has 2 rings (SSSR count). The van der Waals surface area contributed by atoms with Crippen LogP contribution in [0.25, 0.3) is 0 Å². The van der Waals surface area contributed by atoms with Crippen LogP contribution in [-0.4, -0.2) is 49.8 Å². The van der Waals surface area contributed by atoms with Crippen molar-refractivity contribution in [3.8, 4) is 0 Å². The van der Waals surface area contributed by atoms with Crippen LogP contribution in [0, 0.1) is 12.8 Å². The van der Waals surface area contributed by atoms with Crippen LogP contribution in [-0.2, 0) is 4.74 Å². The second-order valence-electron chi connectivity index (χ2n) is 6.50. The molecule has 2 amide bonds. The molecule has 1 aromatic carbocycles. The van der Waals surface area contributed by atoms with Gasteiger partial charge in [0.15, 0.2) is 0 Å². The lowest BCUT2D eigenvalue weighted by atomic mass is 9.92. The molecule has 1 aromatic rings. The summed E-state index contributed by atoms with van der Waals surface area (Å²) in [6, 6.07) is 8.08. The third-order valence-corrected chi connectivity index (χ3v) is 4.86. The van der Waals surface area contributed by atoms with Gasteiger partial charge in [-0.25, -0.2) is 4.79 Å². The van der Waals surface area contributed by atoms with Gasteiger partial charge in [-0.15, -0.1) is 0 Å². The second kappa shape index (κ2) is 9.64. The highest BCUT2D eigenvalue weighted by molar-refractivity contribution is 5.89. The third-order valence-electron chi connectivity index (χ3n) is 4.86. The Labute approximate surface area is 145 Å². The molecule has 0 saturated carbocycles. The summed E-state index contributed by atoms with van der Waals surface area (Å²) in [5.74, 6) is 0.586. The molecule has 5 nitrogen and oxygen atoms in total. The molecule has 5 heteroatoms. The average molecular weight is 333 g/mol. The van der Waals surface area contributed by atoms with E-state index < -0.39 is 0 Å². The number of hydrogen-bond donors (Lipinski definition) is 2. The van der Waals surface area contributed by atoms with Crippen LogP contribution in [0.15, 0.2) is 24.3 Å². The van der Waals surface area contributed by atoms with E-state index in [1.165, 1.54) is 0 Å². The number of ether oxygens (including phenoxy) is 1. The quantitative estimate of drug-likeness (QED) is 0.805. The van der Waals surface area contributed by atoms with Gasteiger partial charge in [-0.3, -0.25) is 4.90 Å². The van der Waals surface area contributed by atoms with Crippen molar-refractivity contribution in [1.82, 2.24) is 10.2 Å². The second-order valence-corrected chi connectivity index (χ2v) is 6.50. The number of morpholine rings is 1. The summed E-state index contributed by atoms with van der Waals surface area (Å²) in [5.41, 5.74) is 1.97. The number of nitrogens with zero attached hydrogens (tertiary/aromatic N) is 1. The highest BCUT2D eigenvalue weighted by atomic mass is 16.5. The van der Waals surface area contributed by atoms with E-state index >= 15 is 0 Å². The van der Waals surface area contributed by atoms with Crippen LogP contribution >= 0.6 is 0 Å². The number of aryl methyl sites for hydroxylation is 1. The maximum atomic E-state index is 12.2. The average Bonchev–Trinajstić information content (AvgIpc) is 2.59. The van der Waals surface area contributed by atoms with Crippen LogP contribution in [0.1, 0.15) is 32.3 Å². The van der Waals surface area contributed by atoms with Crippen molar-refractivity contribution in [2.24, 2.45) is 5.92 Å². The van der Waals surface area contributed by atoms with Crippen molar-refractivity contribution in [2.75, 3.05) is 38.2 Å². The van der Waals surface area contributed by atoms with Crippen LogP contribution in [0.5, 0.6) is 0 Å². The monoisotopic (exact) mass is 333 g/mol. The number of rotatable bonds is 7. The van der Waals surface area contributed by atoms with Crippen molar-refractivity contribution in [2.45, 2.75) is 39.7 Å². The van der Waals surface area contributed by atoms with Crippen molar-refractivity contribution in [1.29, 1.82) is 0 Å². The first-order valence-corrected chi connectivity index (χ1v) is 9.07. The van der Waals surface area contributed by atoms with E-state index in [0.29, 0.717) is 18.5 Å². The Bertz CT molecular complexity index is 511. The molecule has 2 N–H and O–H groups in total. The molecule has 1 heterocycles. The number of anilines is 1. The number of carbonyl (C=O) groups excluding carboxylic acids is 1. The lowest BCUT2D eigenvalue weighted by Gasteiger charge is -2.38. The number of benzene rings is 1. The molecule has 0 bridgehead atoms. The van der Waals surface area contributed by atoms with E-state index in [9.17, 15) is 4.79 Å². The number of nitrogens with one attached hydrogen (secondary N) is 2. The predicted molar refractivity (Wildman–Crippen MR) is 98.5 cm³/mol. The minimum absolute atomic E-state index is 0.134. The summed E-state index contributed by atoms with van der Waals surface area (Å²) in [4.78, 5) is 14.7. The molecule has 0 aliphatic carbocycles. The van der Waals surface area contributed by atoms with Gasteiger partial charge in [0, 0.05) is 31.4 Å². The largest absolute Gasteiger partial charge is 0.379 e. The molecule has 134 valence electrons. The van der Waals surface area contributed by atoms with Gasteiger partial charge >= 0.3 is 6.03 Å². The van der Waals surface area contributed by atoms with Crippen molar-refractivity contribution in [3.63, 3.8) is 0 Å². The first kappa shape index (κ1) is 18.7. The fourth-order valence-corrected chi connectivity index (χ4v) is 3.43. The fourth-order valence-electron chi connectivity index (χ4n) is 3.43. The first-order valence-electron chi connectivity index (χ1n) is 9.07. The van der Waals surface area contributed by atoms with Gasteiger partial charge in [-0.05, 0) is 30.5 Å². The summed E-state index contributed by atoms with van der Waals surface area (Å²) in [6.45, 7) is 10.6. The molecule has 1 aliphatic rings. The van der Waals surface area contributed by atoms with Crippen molar-refractivity contribution >= 4 is 11.7 Å². The Morgan fingerprint density at radius 1 is 1.25 bits per heavy atom. The Kier molecular flexibility index (Phi) is 7.53. The van der Waals surface area contributed by atoms with E-state index in [4.69, 9.17) is 4.74 Å². The molecule has 0 spiro atoms. The maximum Gasteiger partial charge on any atom is 0.319 e. The highest BCUT2D eigenvalue weighted by Gasteiger charge is 2.27. The first-order chi connectivity index (χ1) is 11.6. The van der Waals surface area contributed by atoms with E-state index in [1.54, 1.807) is 0 Å². The summed E-state index contributed by atoms with van der Waals surface area (Å²) in [5, 5.41) is 5.99. The van der Waals surface area contributed by atoms with Gasteiger partial charge in [0.05, 0.1) is 13.2 Å². The lowest BCUT2D eigenvalue weighted by molar-refractivity contribution is 0.00247. The van der Waals surface area contributed by atoms with E-state index in [2.05, 4.69) is 29.4 Å². The molecular weight excluding hydrogens is 302 g/mol. The standard InChI is InChI=1S/C19H31N3O2/c1-4-16(5-2)18(22-9-11-24-12-10-22)14-20-19(23)21-17-8-6-7-15(3)13-17/h6-8,13,16,18H,4-5,9-12,14H2,1-3H3,(H2,20,21,23)/t18-/m0/s1. The van der Waals surface area contributed by atoms with Gasteiger partial charge in [-0.1, -0.05) is 38.8 Å². The summed E-state index contributed by atoms with van der Waals surface area (Å²) in [7, 11) is 0. The summed E-state index contributed by atoms with van der Waals surface area (Å²) in [6.07, 6.45) is 2.25. The Balaban J connectivity index is 1.92. The van der Waals surface area contributed by atoms with Crippen molar-refractivity contribution in [3.05, 3.63) is 29.8 Å². The molecule has 0 unspecified atom stereocenters. The number of hydrogen-bond acceptors (Lipinski definition) is 3. The number of urea groups is 1. The smallest absolute Gasteiger partial charge is 0.319 e. The lowest BCUT2D eigenvalue weighted by Crippen LogP contribution is -2.52. The van der Waals surface area contributed by atoms with Gasteiger partial charge in [0.1, 0.15) is 0 Å². The molecule has 1 fully saturated rings. The molecule has 1 atom stereocenters. The molecular formula is C19H31N3O2. The van der Waals surface area contributed by atoms with Crippen molar-refractivity contribution < 1.29 is 9.53 Å². The summed E-state index contributed by atoms with van der Waals surface area (Å²) < 4.78 is 5.47. The summed E-state index contributed by atoms with van der Waals surface area (Å²) >= 11 is 0. The SMILES string of the molecule is CCC(CC)[C@H](CNC(=O)Nc1cccc(C)c1)N1CCOCC1. The predicted octanol–water partition coefficient (Wildman–Crippen LogP) is 3.25. The van der Waals surface area contributed by atoms with Gasteiger partial charge in [0.2, 0.25) is 0 Å². The van der Waals surface area contributed by atoms with Gasteiger partial charge < -0.3 is 15.4 Å². The Morgan fingerprint density at radius 3 is 2.58 bits per heavy atom. The fraction of sp³-hybridized carbons (Fsp3) is 0.632. The normalized spacial score (nSPS) is 16.8. The minimum atomic E-state index is -0.134. The Morgan fingerprint density at radius 2 is 1.96 bits per heavy atom. The third kappa shape index (κ3) is 5.49. The molecule has 0 radical (unpaired) electrons. The van der Waals surface area contributed by atoms with E-state index in [0.717, 1.165) is 50.4 Å². The number of carbonyl (C=O) groups is 1. The molecule has 1 aliphatic heterocycles. The zero-order valence-corrected chi connectivity index (χ0v) is 15.2. The highest BCUT2D eigenvalue weighted by Crippen LogP contribution is 2.19. The van der Waals surface area contributed by atoms with E-state index in [-0.39, 0.29) is 6.03 Å². The topological polar surface area (TPSA) is 53.6 Å². The molecule has 0 aromatic heterocycles. The van der Waals surface area contributed by atoms with Crippen LogP contribution in [0.4, 0.5) is 10.5 Å². The number of amides is 2. The van der Waals surface area contributed by atoms with Gasteiger partial charge in [-0.2, -0.15) is 0 Å². The van der Waals surface area contributed by atoms with E-state index in [1.807, 2.05) is 31.2 Å². The van der Waals surface area contributed by atoms with Crippen LogP contribution in [0.2, 0.25) is 0 Å². The minimum Gasteiger partial charge on any atom is -0.379 e. The van der Waals surface area contributed by atoms with Crippen LogP contribution in [0.3, 0.4) is 0 Å². The Hall–Kier alpha value is -1.59. The molecule has 1 saturated heterocycles. The zero-order valence-electron chi connectivity index (χ0n) is 15.2. The maximum absolute atomic E-state index is 12.2. The zero-order chi connectivity index (χ0) is 17.4.